The van der Waals surface area contributed by atoms with Crippen molar-refractivity contribution in [2.75, 3.05) is 21.3 Å². The molecular formula is C23H30N4O7S. The Hall–Kier alpha value is -3.38. The number of hydrogen-bond donors (Lipinski definition) is 2. The highest BCUT2D eigenvalue weighted by molar-refractivity contribution is 7.19. The van der Waals surface area contributed by atoms with Crippen molar-refractivity contribution in [3.63, 3.8) is 0 Å². The molecule has 3 heterocycles. The first-order valence-corrected chi connectivity index (χ1v) is 11.8. The Morgan fingerprint density at radius 1 is 1.11 bits per heavy atom. The molecule has 3 rings (SSSR count). The number of aromatic amines is 2. The molecule has 0 aliphatic heterocycles. The van der Waals surface area contributed by atoms with Crippen LogP contribution in [0.3, 0.4) is 0 Å². The smallest absolute Gasteiger partial charge is 0.437 e. The first kappa shape index (κ1) is 26.2. The highest BCUT2D eigenvalue weighted by atomic mass is 32.1. The summed E-state index contributed by atoms with van der Waals surface area (Å²) in [6.45, 7) is 7.67. The molecule has 12 heteroatoms. The first-order valence-electron chi connectivity index (χ1n) is 10.9. The van der Waals surface area contributed by atoms with Gasteiger partial charge in [-0.1, -0.05) is 13.8 Å². The van der Waals surface area contributed by atoms with Gasteiger partial charge in [-0.05, 0) is 26.2 Å². The molecule has 0 bridgehead atoms. The number of amides is 1. The number of thiophene rings is 1. The van der Waals surface area contributed by atoms with Crippen LogP contribution in [-0.2, 0) is 16.6 Å². The van der Waals surface area contributed by atoms with E-state index in [4.69, 9.17) is 14.3 Å². The number of carbonyl (C=O) groups excluding carboxylic acids is 2. The fraction of sp³-hybridized carbons (Fsp3) is 0.478. The van der Waals surface area contributed by atoms with E-state index in [1.54, 1.807) is 6.92 Å². The van der Waals surface area contributed by atoms with Crippen molar-refractivity contribution in [1.82, 2.24) is 19.6 Å². The van der Waals surface area contributed by atoms with Gasteiger partial charge < -0.3 is 14.5 Å². The Morgan fingerprint density at radius 2 is 1.77 bits per heavy atom. The minimum absolute atomic E-state index is 0.107. The lowest BCUT2D eigenvalue weighted by Crippen LogP contribution is -2.34. The third kappa shape index (κ3) is 4.76. The predicted molar refractivity (Wildman–Crippen MR) is 131 cm³/mol. The van der Waals surface area contributed by atoms with E-state index >= 15 is 0 Å². The standard InChI is InChI=1S/C23H30N4O7S/c1-10(2)9-13(14-11(3)24-12(4)17(14)34-23(31)32-7)18-15(21(29)27(6)33-8)16-19(35-18)25-22(30)26(5)20(16)28/h10,13,24H,9H2,1-8H3,(H,25,30). The van der Waals surface area contributed by atoms with Crippen molar-refractivity contribution in [2.24, 2.45) is 13.0 Å². The molecule has 35 heavy (non-hydrogen) atoms. The van der Waals surface area contributed by atoms with E-state index in [1.165, 1.54) is 28.3 Å². The summed E-state index contributed by atoms with van der Waals surface area (Å²) in [6.07, 6.45) is -0.314. The van der Waals surface area contributed by atoms with E-state index in [1.807, 2.05) is 20.8 Å². The van der Waals surface area contributed by atoms with E-state index < -0.39 is 29.2 Å². The second kappa shape index (κ2) is 10.1. The molecule has 0 fully saturated rings. The van der Waals surface area contributed by atoms with Crippen LogP contribution >= 0.6 is 11.3 Å². The Bertz CT molecular complexity index is 1400. The van der Waals surface area contributed by atoms with E-state index in [2.05, 4.69) is 9.97 Å². The molecule has 1 atom stereocenters. The normalized spacial score (nSPS) is 12.3. The van der Waals surface area contributed by atoms with Crippen LogP contribution in [0.2, 0.25) is 0 Å². The van der Waals surface area contributed by atoms with Crippen LogP contribution in [0.4, 0.5) is 4.79 Å². The number of nitrogens with zero attached hydrogens (tertiary/aromatic N) is 2. The number of fused-ring (bicyclic) bond motifs is 1. The summed E-state index contributed by atoms with van der Waals surface area (Å²) >= 11 is 1.16. The minimum Gasteiger partial charge on any atom is -0.437 e. The number of aryl methyl sites for hydroxylation is 2. The molecule has 190 valence electrons. The average molecular weight is 507 g/mol. The van der Waals surface area contributed by atoms with Crippen LogP contribution in [-0.4, -0.2) is 52.9 Å². The molecule has 0 aliphatic carbocycles. The number of H-pyrrole nitrogens is 2. The first-order chi connectivity index (χ1) is 16.4. The maximum absolute atomic E-state index is 13.5. The van der Waals surface area contributed by atoms with Gasteiger partial charge in [-0.2, -0.15) is 0 Å². The van der Waals surface area contributed by atoms with E-state index in [9.17, 15) is 19.2 Å². The van der Waals surface area contributed by atoms with Gasteiger partial charge in [0.15, 0.2) is 5.75 Å². The maximum atomic E-state index is 13.5. The Labute approximate surface area is 205 Å². The maximum Gasteiger partial charge on any atom is 0.513 e. The van der Waals surface area contributed by atoms with E-state index in [0.29, 0.717) is 28.3 Å². The van der Waals surface area contributed by atoms with Crippen molar-refractivity contribution >= 4 is 33.6 Å². The second-order valence-electron chi connectivity index (χ2n) is 8.68. The van der Waals surface area contributed by atoms with E-state index in [0.717, 1.165) is 26.7 Å². The number of aromatic nitrogens is 3. The molecular weight excluding hydrogens is 476 g/mol. The third-order valence-corrected chi connectivity index (χ3v) is 7.06. The molecule has 0 spiro atoms. The predicted octanol–water partition coefficient (Wildman–Crippen LogP) is 3.19. The van der Waals surface area contributed by atoms with Crippen molar-refractivity contribution in [2.45, 2.75) is 40.0 Å². The van der Waals surface area contributed by atoms with Gasteiger partial charge in [0.1, 0.15) is 4.83 Å². The van der Waals surface area contributed by atoms with Gasteiger partial charge in [0, 0.05) is 36.1 Å². The number of hydrogen-bond acceptors (Lipinski definition) is 8. The van der Waals surface area contributed by atoms with Gasteiger partial charge in [0.25, 0.3) is 11.5 Å². The lowest BCUT2D eigenvalue weighted by molar-refractivity contribution is -0.0756. The topological polar surface area (TPSA) is 136 Å². The molecule has 3 aromatic rings. The quantitative estimate of drug-likeness (QED) is 0.371. The van der Waals surface area contributed by atoms with Crippen molar-refractivity contribution in [3.8, 4) is 5.75 Å². The fourth-order valence-electron chi connectivity index (χ4n) is 4.16. The van der Waals surface area contributed by atoms with Crippen LogP contribution in [0.25, 0.3) is 10.2 Å². The molecule has 0 saturated heterocycles. The number of hydroxylamine groups is 2. The molecule has 1 amide bonds. The summed E-state index contributed by atoms with van der Waals surface area (Å²) in [6, 6.07) is 0. The summed E-state index contributed by atoms with van der Waals surface area (Å²) in [5, 5.41) is 1.14. The largest absolute Gasteiger partial charge is 0.513 e. The van der Waals surface area contributed by atoms with Crippen molar-refractivity contribution < 1.29 is 23.9 Å². The molecule has 0 saturated carbocycles. The zero-order chi connectivity index (χ0) is 26.2. The van der Waals surface area contributed by atoms with Crippen LogP contribution in [0, 0.1) is 19.8 Å². The Kier molecular flexibility index (Phi) is 7.56. The van der Waals surface area contributed by atoms with E-state index in [-0.39, 0.29) is 21.7 Å². The molecule has 3 aromatic heterocycles. The molecule has 2 N–H and O–H groups in total. The van der Waals surface area contributed by atoms with Gasteiger partial charge in [-0.25, -0.2) is 14.7 Å². The monoisotopic (exact) mass is 506 g/mol. The third-order valence-electron chi connectivity index (χ3n) is 5.84. The van der Waals surface area contributed by atoms with Gasteiger partial charge in [-0.3, -0.25) is 24.0 Å². The molecule has 11 nitrogen and oxygen atoms in total. The minimum atomic E-state index is -0.874. The summed E-state index contributed by atoms with van der Waals surface area (Å²) in [7, 11) is 5.36. The highest BCUT2D eigenvalue weighted by Gasteiger charge is 2.34. The van der Waals surface area contributed by atoms with Crippen LogP contribution in [0.5, 0.6) is 5.75 Å². The molecule has 1 unspecified atom stereocenters. The van der Waals surface area contributed by atoms with Crippen molar-refractivity contribution in [1.29, 1.82) is 0 Å². The zero-order valence-corrected chi connectivity index (χ0v) is 21.8. The zero-order valence-electron chi connectivity index (χ0n) is 21.0. The Balaban J connectivity index is 2.43. The van der Waals surface area contributed by atoms with Crippen LogP contribution in [0.15, 0.2) is 9.59 Å². The summed E-state index contributed by atoms with van der Waals surface area (Å²) < 4.78 is 11.1. The van der Waals surface area contributed by atoms with Gasteiger partial charge in [0.05, 0.1) is 30.9 Å². The molecule has 0 aromatic carbocycles. The van der Waals surface area contributed by atoms with Gasteiger partial charge >= 0.3 is 11.8 Å². The molecule has 0 aliphatic rings. The summed E-state index contributed by atoms with van der Waals surface area (Å²) in [5.41, 5.74) is 0.988. The average Bonchev–Trinajstić information content (AvgIpc) is 3.31. The lowest BCUT2D eigenvalue weighted by atomic mass is 9.86. The van der Waals surface area contributed by atoms with Crippen LogP contribution in [0.1, 0.15) is 58.4 Å². The lowest BCUT2D eigenvalue weighted by Gasteiger charge is -2.22. The second-order valence-corrected chi connectivity index (χ2v) is 9.73. The molecule has 0 radical (unpaired) electrons. The number of methoxy groups -OCH3 is 1. The SMILES string of the molecule is COC(=O)Oc1c(C)[nH]c(C)c1C(CC(C)C)c1sc2[nH]c(=O)n(C)c(=O)c2c1C(=O)N(C)OC. The number of carbonyl (C=O) groups is 2. The number of ether oxygens (including phenoxy) is 2. The number of nitrogens with one attached hydrogen (secondary N) is 2. The van der Waals surface area contributed by atoms with Crippen molar-refractivity contribution in [3.05, 3.63) is 48.2 Å². The van der Waals surface area contributed by atoms with Gasteiger partial charge in [-0.15, -0.1) is 11.3 Å². The van der Waals surface area contributed by atoms with Crippen LogP contribution < -0.4 is 16.0 Å². The highest BCUT2D eigenvalue weighted by Crippen LogP contribution is 2.46. The Morgan fingerprint density at radius 3 is 2.34 bits per heavy atom. The summed E-state index contributed by atoms with van der Waals surface area (Å²) in [5.74, 6) is -0.519. The summed E-state index contributed by atoms with van der Waals surface area (Å²) in [4.78, 5) is 62.9. The fourth-order valence-corrected chi connectivity index (χ4v) is 5.46. The number of rotatable bonds is 7. The van der Waals surface area contributed by atoms with Gasteiger partial charge in [0.2, 0.25) is 0 Å².